The molecule has 0 aromatic heterocycles. The molecule has 16 N–H and O–H groups in total. The summed E-state index contributed by atoms with van der Waals surface area (Å²) in [5.41, 5.74) is 0. The molecule has 4 aliphatic rings. The van der Waals surface area contributed by atoms with Gasteiger partial charge in [-0.2, -0.15) is 0 Å². The highest BCUT2D eigenvalue weighted by Gasteiger charge is 2.47. The molecule has 0 aromatic rings. The van der Waals surface area contributed by atoms with E-state index < -0.39 is 162 Å². The van der Waals surface area contributed by atoms with E-state index in [-0.39, 0.29) is 12.8 Å². The van der Waals surface area contributed by atoms with Gasteiger partial charge in [-0.1, -0.05) is 142 Å². The predicted octanol–water partition coefficient (Wildman–Crippen LogP) is 0.0768. The summed E-state index contributed by atoms with van der Waals surface area (Å²) in [4.78, 5) is 24.2. The molecule has 4 heterocycles. The van der Waals surface area contributed by atoms with Gasteiger partial charge in [0.15, 0.2) is 12.6 Å². The Kier molecular flexibility index (Phi) is 40.6. The van der Waals surface area contributed by atoms with Crippen LogP contribution in [0.3, 0.4) is 0 Å². The minimum absolute atomic E-state index is 0.160. The van der Waals surface area contributed by atoms with Gasteiger partial charge >= 0.3 is 11.9 Å². The Morgan fingerprint density at radius 1 is 0.360 bits per heavy atom. The summed E-state index contributed by atoms with van der Waals surface area (Å²) in [6, 6.07) is 0. The lowest BCUT2D eigenvalue weighted by Gasteiger charge is -2.40. The van der Waals surface area contributed by atoms with Crippen LogP contribution < -0.4 is 0 Å². The second-order valence-corrected chi connectivity index (χ2v) is 23.8. The average molecular weight is 1250 g/mol. The van der Waals surface area contributed by atoms with Crippen molar-refractivity contribution in [3.05, 3.63) is 0 Å². The fourth-order valence-corrected chi connectivity index (χ4v) is 10.5. The molecule has 86 heavy (non-hydrogen) atoms. The van der Waals surface area contributed by atoms with Gasteiger partial charge in [0.1, 0.15) is 111 Å². The van der Waals surface area contributed by atoms with E-state index in [1.807, 2.05) is 0 Å². The first kappa shape index (κ1) is 78.3. The molecule has 4 rings (SSSR count). The predicted molar refractivity (Wildman–Crippen MR) is 307 cm³/mol. The number of epoxide rings is 2. The number of rotatable bonds is 48. The molecule has 26 nitrogen and oxygen atoms in total. The fraction of sp³-hybridized carbons (Fsp3) is 0.967. The van der Waals surface area contributed by atoms with E-state index in [2.05, 4.69) is 13.8 Å². The highest BCUT2D eigenvalue weighted by atomic mass is 16.7. The molecule has 0 bridgehead atoms. The second-order valence-electron chi connectivity index (χ2n) is 23.8. The molecule has 10 unspecified atom stereocenters. The highest BCUT2D eigenvalue weighted by Crippen LogP contribution is 2.33. The number of hydrogen-bond donors (Lipinski definition) is 16. The molecule has 26 heteroatoms. The first-order valence-electron chi connectivity index (χ1n) is 32.1. The first-order chi connectivity index (χ1) is 41.2. The summed E-state index contributed by atoms with van der Waals surface area (Å²) < 4.78 is 42.6. The lowest BCUT2D eigenvalue weighted by Crippen LogP contribution is -2.60. The minimum atomic E-state index is -1.91. The van der Waals surface area contributed by atoms with Crippen molar-refractivity contribution in [3.8, 4) is 0 Å². The fourth-order valence-electron chi connectivity index (χ4n) is 10.5. The first-order valence-corrected chi connectivity index (χ1v) is 32.1. The van der Waals surface area contributed by atoms with Crippen LogP contribution in [0.4, 0.5) is 0 Å². The lowest BCUT2D eigenvalue weighted by molar-refractivity contribution is -0.307. The maximum Gasteiger partial charge on any atom is 0.305 e. The van der Waals surface area contributed by atoms with Gasteiger partial charge in [0.05, 0.1) is 50.8 Å². The van der Waals surface area contributed by atoms with Crippen molar-refractivity contribution in [2.45, 2.75) is 328 Å². The number of carbonyl (C=O) groups is 2. The Labute approximate surface area is 507 Å². The minimum Gasteiger partial charge on any atom is -0.463 e. The molecule has 0 aromatic carbocycles. The number of aliphatic hydroxyl groups is 16. The number of hydrogen-bond acceptors (Lipinski definition) is 26. The second kappa shape index (κ2) is 44.5. The van der Waals surface area contributed by atoms with Crippen molar-refractivity contribution in [2.24, 2.45) is 0 Å². The van der Waals surface area contributed by atoms with Gasteiger partial charge in [-0.3, -0.25) is 9.59 Å². The van der Waals surface area contributed by atoms with E-state index >= 15 is 0 Å². The number of carbonyl (C=O) groups excluding carboxylic acids is 2. The molecule has 0 spiro atoms. The molecule has 22 atom stereocenters. The number of aliphatic hydroxyl groups excluding tert-OH is 16. The highest BCUT2D eigenvalue weighted by molar-refractivity contribution is 5.69. The van der Waals surface area contributed by atoms with Crippen molar-refractivity contribution in [2.75, 3.05) is 39.6 Å². The number of ether oxygens (including phenoxy) is 8. The Bertz CT molecular complexity index is 1720. The topological polar surface area (TPSA) is 438 Å². The summed E-state index contributed by atoms with van der Waals surface area (Å²) in [6.07, 6.45) is 1.61. The summed E-state index contributed by atoms with van der Waals surface area (Å²) in [6.45, 7) is 0.556. The molecule has 4 saturated heterocycles. The third-order valence-electron chi connectivity index (χ3n) is 16.5. The van der Waals surface area contributed by atoms with Crippen molar-refractivity contribution in [3.63, 3.8) is 0 Å². The third-order valence-corrected chi connectivity index (χ3v) is 16.5. The van der Waals surface area contributed by atoms with E-state index in [0.29, 0.717) is 37.3 Å². The molecule has 0 amide bonds. The molecule has 0 saturated carbocycles. The SMILES string of the molecule is CCCCCCCCC1OC1CCCCCCCC(=O)OCC(O)[C@@H](O)[C@H](O)[C@H](O)CO[C@H]1OC(CO)[C@@H](O)[C@H](O)C1O.CCCCCCCCC1OC1CCCCCCCC(=O)OCC1O[C@H](OC[C@@H](O)[C@@H](O)[C@H](O)C(O)CO)C(O)[C@@H](O)[C@@H]1O. The van der Waals surface area contributed by atoms with Crippen LogP contribution in [0.25, 0.3) is 0 Å². The van der Waals surface area contributed by atoms with Crippen LogP contribution in [0, 0.1) is 0 Å². The zero-order valence-corrected chi connectivity index (χ0v) is 51.0. The maximum absolute atomic E-state index is 12.2. The van der Waals surface area contributed by atoms with Crippen LogP contribution in [-0.2, 0) is 47.5 Å². The molecular formula is C60H112O26. The van der Waals surface area contributed by atoms with E-state index in [0.717, 1.165) is 64.2 Å². The molecular weight excluding hydrogens is 1140 g/mol. The Morgan fingerprint density at radius 2 is 0.686 bits per heavy atom. The molecule has 0 aliphatic carbocycles. The van der Waals surface area contributed by atoms with Gasteiger partial charge in [0.25, 0.3) is 0 Å². The Morgan fingerprint density at radius 3 is 1.07 bits per heavy atom. The van der Waals surface area contributed by atoms with Crippen LogP contribution >= 0.6 is 0 Å². The maximum atomic E-state index is 12.2. The standard InChI is InChI=1S/2C30H56O13/c1-2-3-4-5-7-10-13-21-22(42-21)14-11-8-6-9-12-15-24(34)40-17-19(32)25(35)26(36)20(33)18-41-30-29(39)28(38)27(37)23(16-31)43-30;1-2-3-4-5-7-10-13-21-22(42-21)14-11-8-6-9-12-15-24(34)40-18-23-27(37)28(38)29(39)30(43-23)41-17-20(33)26(36)25(35)19(32)16-31/h2*19-23,25-33,35-39H,2-18H2,1H3/t2*19?,20-,21?,22?,23?,25-,26-,27-,28+,29?,30+/m11/s1. The molecule has 4 fully saturated rings. The van der Waals surface area contributed by atoms with Crippen LogP contribution in [0.15, 0.2) is 0 Å². The van der Waals surface area contributed by atoms with Crippen LogP contribution in [-0.4, -0.2) is 268 Å². The van der Waals surface area contributed by atoms with E-state index in [9.17, 15) is 86.2 Å². The Hall–Kier alpha value is -1.94. The molecule has 0 radical (unpaired) electrons. The zero-order valence-electron chi connectivity index (χ0n) is 51.0. The lowest BCUT2D eigenvalue weighted by atomic mass is 9.99. The van der Waals surface area contributed by atoms with Crippen LogP contribution in [0.2, 0.25) is 0 Å². The van der Waals surface area contributed by atoms with Crippen molar-refractivity contribution in [1.29, 1.82) is 0 Å². The van der Waals surface area contributed by atoms with Gasteiger partial charge in [-0.05, 0) is 38.5 Å². The van der Waals surface area contributed by atoms with E-state index in [1.165, 1.54) is 89.9 Å². The van der Waals surface area contributed by atoms with E-state index in [4.69, 9.17) is 43.0 Å². The average Bonchev–Trinajstić information content (AvgIpc) is 3.92. The van der Waals surface area contributed by atoms with Gasteiger partial charge in [0.2, 0.25) is 0 Å². The van der Waals surface area contributed by atoms with Crippen LogP contribution in [0.5, 0.6) is 0 Å². The number of unbranched alkanes of at least 4 members (excludes halogenated alkanes) is 18. The van der Waals surface area contributed by atoms with Gasteiger partial charge in [-0.15, -0.1) is 0 Å². The van der Waals surface area contributed by atoms with Crippen molar-refractivity contribution in [1.82, 2.24) is 0 Å². The number of esters is 2. The summed E-state index contributed by atoms with van der Waals surface area (Å²) >= 11 is 0. The monoisotopic (exact) mass is 1250 g/mol. The van der Waals surface area contributed by atoms with Gasteiger partial charge < -0.3 is 120 Å². The normalized spacial score (nSPS) is 30.0. The molecule has 508 valence electrons. The third kappa shape index (κ3) is 30.0. The summed E-state index contributed by atoms with van der Waals surface area (Å²) in [7, 11) is 0. The Balaban J connectivity index is 0.000000450. The van der Waals surface area contributed by atoms with Crippen LogP contribution in [0.1, 0.15) is 194 Å². The smallest absolute Gasteiger partial charge is 0.305 e. The van der Waals surface area contributed by atoms with Crippen molar-refractivity contribution < 1.29 is 129 Å². The quantitative estimate of drug-likeness (QED) is 0.0218. The van der Waals surface area contributed by atoms with E-state index in [1.54, 1.807) is 0 Å². The van der Waals surface area contributed by atoms with Gasteiger partial charge in [-0.25, -0.2) is 0 Å². The molecule has 4 aliphatic heterocycles. The summed E-state index contributed by atoms with van der Waals surface area (Å²) in [5.74, 6) is -1.04. The van der Waals surface area contributed by atoms with Gasteiger partial charge in [0, 0.05) is 12.8 Å². The zero-order chi connectivity index (χ0) is 63.6. The van der Waals surface area contributed by atoms with Crippen molar-refractivity contribution >= 4 is 11.9 Å². The summed E-state index contributed by atoms with van der Waals surface area (Å²) in [5, 5.41) is 158. The largest absolute Gasteiger partial charge is 0.463 e.